The molecule has 2 N–H and O–H groups in total. The second kappa shape index (κ2) is 9.58. The summed E-state index contributed by atoms with van der Waals surface area (Å²) in [6.45, 7) is 10.0. The highest BCUT2D eigenvalue weighted by molar-refractivity contribution is 7.19. The topological polar surface area (TPSA) is 79.4 Å². The van der Waals surface area contributed by atoms with Crippen molar-refractivity contribution in [1.82, 2.24) is 20.2 Å². The van der Waals surface area contributed by atoms with Crippen molar-refractivity contribution in [3.05, 3.63) is 16.3 Å². The maximum Gasteiger partial charge on any atom is 0.242 e. The predicted molar refractivity (Wildman–Crippen MR) is 121 cm³/mol. The Kier molecular flexibility index (Phi) is 6.85. The summed E-state index contributed by atoms with van der Waals surface area (Å²) in [4.78, 5) is 27.3. The number of nitrogens with one attached hydrogen (secondary N) is 2. The number of amides is 1. The molecule has 2 aromatic rings. The largest absolute Gasteiger partial charge is 0.379 e. The van der Waals surface area contributed by atoms with Crippen LogP contribution in [0.3, 0.4) is 0 Å². The lowest BCUT2D eigenvalue weighted by Crippen LogP contribution is -2.42. The van der Waals surface area contributed by atoms with Gasteiger partial charge in [0.25, 0.3) is 0 Å². The van der Waals surface area contributed by atoms with Crippen LogP contribution in [0, 0.1) is 0 Å². The molecule has 1 aliphatic carbocycles. The molecule has 164 valence electrons. The van der Waals surface area contributed by atoms with Crippen molar-refractivity contribution in [2.24, 2.45) is 0 Å². The van der Waals surface area contributed by atoms with Crippen LogP contribution >= 0.6 is 11.3 Å². The van der Waals surface area contributed by atoms with E-state index < -0.39 is 0 Å². The zero-order valence-corrected chi connectivity index (χ0v) is 19.1. The Hall–Kier alpha value is -1.77. The fraction of sp³-hybridized carbons (Fsp3) is 0.682. The van der Waals surface area contributed by atoms with Crippen LogP contribution in [-0.2, 0) is 28.9 Å². The molecule has 2 atom stereocenters. The zero-order valence-electron chi connectivity index (χ0n) is 18.3. The number of ether oxygens (including phenoxy) is 1. The van der Waals surface area contributed by atoms with Gasteiger partial charge in [-0.2, -0.15) is 0 Å². The molecular formula is C22H33N5O2S. The van der Waals surface area contributed by atoms with Gasteiger partial charge in [0.15, 0.2) is 0 Å². The number of hydrogen-bond donors (Lipinski definition) is 2. The van der Waals surface area contributed by atoms with Crippen molar-refractivity contribution in [2.45, 2.75) is 71.5 Å². The number of aromatic nitrogens is 2. The number of hydrogen-bond acceptors (Lipinski definition) is 7. The molecule has 8 heteroatoms. The summed E-state index contributed by atoms with van der Waals surface area (Å²) in [5.41, 5.74) is 1.39. The molecule has 2 aliphatic rings. The summed E-state index contributed by atoms with van der Waals surface area (Å²) < 4.78 is 5.47. The van der Waals surface area contributed by atoms with Gasteiger partial charge >= 0.3 is 0 Å². The van der Waals surface area contributed by atoms with E-state index in [2.05, 4.69) is 22.5 Å². The molecule has 0 bridgehead atoms. The van der Waals surface area contributed by atoms with Crippen molar-refractivity contribution >= 4 is 33.3 Å². The van der Waals surface area contributed by atoms with Crippen LogP contribution in [0.1, 0.15) is 56.3 Å². The highest BCUT2D eigenvalue weighted by Crippen LogP contribution is 2.38. The van der Waals surface area contributed by atoms with Gasteiger partial charge in [0.1, 0.15) is 22.5 Å². The van der Waals surface area contributed by atoms with E-state index >= 15 is 0 Å². The average Bonchev–Trinajstić information content (AvgIpc) is 3.12. The first-order chi connectivity index (χ1) is 14.5. The summed E-state index contributed by atoms with van der Waals surface area (Å²) in [7, 11) is 0. The minimum absolute atomic E-state index is 0.00920. The molecule has 4 rings (SSSR count). The third-order valence-corrected chi connectivity index (χ3v) is 7.26. The van der Waals surface area contributed by atoms with Gasteiger partial charge in [-0.1, -0.05) is 6.92 Å². The minimum atomic E-state index is -0.354. The smallest absolute Gasteiger partial charge is 0.242 e. The molecule has 1 saturated heterocycles. The zero-order chi connectivity index (χ0) is 21.1. The van der Waals surface area contributed by atoms with Crippen molar-refractivity contribution in [3.8, 4) is 0 Å². The normalized spacial score (nSPS) is 19.3. The second-order valence-electron chi connectivity index (χ2n) is 8.45. The number of carbonyl (C=O) groups is 1. The number of fused-ring (bicyclic) bond motifs is 3. The van der Waals surface area contributed by atoms with Gasteiger partial charge in [0, 0.05) is 24.0 Å². The Morgan fingerprint density at radius 3 is 2.73 bits per heavy atom. The van der Waals surface area contributed by atoms with E-state index in [1.165, 1.54) is 23.3 Å². The summed E-state index contributed by atoms with van der Waals surface area (Å²) >= 11 is 1.80. The Morgan fingerprint density at radius 1 is 1.20 bits per heavy atom. The monoisotopic (exact) mass is 431 g/mol. The average molecular weight is 432 g/mol. The van der Waals surface area contributed by atoms with E-state index in [9.17, 15) is 4.79 Å². The van der Waals surface area contributed by atoms with Crippen LogP contribution in [0.4, 0.5) is 5.82 Å². The molecular weight excluding hydrogens is 398 g/mol. The third-order valence-electron chi connectivity index (χ3n) is 6.08. The van der Waals surface area contributed by atoms with E-state index in [4.69, 9.17) is 14.7 Å². The number of rotatable bonds is 7. The summed E-state index contributed by atoms with van der Waals surface area (Å²) in [6.07, 6.45) is 5.56. The molecule has 30 heavy (non-hydrogen) atoms. The SMILES string of the molecule is CCC(C)NC(=O)C(C)Nc1nc(CN2CCOCC2)nc2sc3c(c12)CCCC3. The maximum atomic E-state index is 12.6. The number of aryl methyl sites for hydroxylation is 2. The molecule has 2 aromatic heterocycles. The molecule has 1 fully saturated rings. The van der Waals surface area contributed by atoms with E-state index in [1.54, 1.807) is 11.3 Å². The van der Waals surface area contributed by atoms with Gasteiger partial charge in [-0.15, -0.1) is 11.3 Å². The summed E-state index contributed by atoms with van der Waals surface area (Å²) in [5, 5.41) is 7.63. The van der Waals surface area contributed by atoms with Gasteiger partial charge in [-0.25, -0.2) is 9.97 Å². The van der Waals surface area contributed by atoms with Crippen molar-refractivity contribution in [1.29, 1.82) is 0 Å². The number of anilines is 1. The number of carbonyl (C=O) groups excluding carboxylic acids is 1. The van der Waals surface area contributed by atoms with Gasteiger partial charge in [0.2, 0.25) is 5.91 Å². The lowest BCUT2D eigenvalue weighted by molar-refractivity contribution is -0.122. The fourth-order valence-electron chi connectivity index (χ4n) is 4.08. The first kappa shape index (κ1) is 21.5. The van der Waals surface area contributed by atoms with E-state index in [-0.39, 0.29) is 18.0 Å². The lowest BCUT2D eigenvalue weighted by Gasteiger charge is -2.26. The van der Waals surface area contributed by atoms with E-state index in [0.717, 1.165) is 67.4 Å². The number of morpholine rings is 1. The molecule has 1 amide bonds. The fourth-order valence-corrected chi connectivity index (χ4v) is 5.36. The van der Waals surface area contributed by atoms with Gasteiger partial charge < -0.3 is 15.4 Å². The predicted octanol–water partition coefficient (Wildman–Crippen LogP) is 3.12. The second-order valence-corrected chi connectivity index (χ2v) is 9.54. The molecule has 1 aliphatic heterocycles. The standard InChI is InChI=1S/C22H33N5O2S/c1-4-14(2)23-21(28)15(3)24-20-19-16-7-5-6-8-17(16)30-22(19)26-18(25-20)13-27-9-11-29-12-10-27/h14-15H,4-13H2,1-3H3,(H,23,28)(H,24,25,26). The Morgan fingerprint density at radius 2 is 1.97 bits per heavy atom. The highest BCUT2D eigenvalue weighted by atomic mass is 32.1. The quantitative estimate of drug-likeness (QED) is 0.701. The Labute approximate surface area is 182 Å². The first-order valence-electron chi connectivity index (χ1n) is 11.2. The van der Waals surface area contributed by atoms with Crippen LogP contribution < -0.4 is 10.6 Å². The molecule has 0 saturated carbocycles. The van der Waals surface area contributed by atoms with E-state index in [1.807, 2.05) is 13.8 Å². The molecule has 3 heterocycles. The van der Waals surface area contributed by atoms with Crippen molar-refractivity contribution in [3.63, 3.8) is 0 Å². The lowest BCUT2D eigenvalue weighted by atomic mass is 9.97. The molecule has 0 spiro atoms. The molecule has 2 unspecified atom stereocenters. The van der Waals surface area contributed by atoms with Gasteiger partial charge in [-0.05, 0) is 51.5 Å². The van der Waals surface area contributed by atoms with Gasteiger partial charge in [0.05, 0.1) is 25.1 Å². The Bertz CT molecular complexity index is 893. The highest BCUT2D eigenvalue weighted by Gasteiger charge is 2.24. The van der Waals surface area contributed by atoms with E-state index in [0.29, 0.717) is 6.54 Å². The third kappa shape index (κ3) is 4.76. The number of thiophene rings is 1. The van der Waals surface area contributed by atoms with Crippen LogP contribution in [-0.4, -0.2) is 59.2 Å². The van der Waals surface area contributed by atoms with Gasteiger partial charge in [-0.3, -0.25) is 9.69 Å². The maximum absolute atomic E-state index is 12.6. The number of nitrogens with zero attached hydrogens (tertiary/aromatic N) is 3. The summed E-state index contributed by atoms with van der Waals surface area (Å²) in [6, 6.07) is -0.189. The van der Waals surface area contributed by atoms with Crippen molar-refractivity contribution in [2.75, 3.05) is 31.6 Å². The first-order valence-corrected chi connectivity index (χ1v) is 12.0. The van der Waals surface area contributed by atoms with Crippen LogP contribution in [0.5, 0.6) is 0 Å². The molecule has 7 nitrogen and oxygen atoms in total. The minimum Gasteiger partial charge on any atom is -0.379 e. The summed E-state index contributed by atoms with van der Waals surface area (Å²) in [5.74, 6) is 1.64. The van der Waals surface area contributed by atoms with Crippen LogP contribution in [0.15, 0.2) is 0 Å². The van der Waals surface area contributed by atoms with Crippen LogP contribution in [0.2, 0.25) is 0 Å². The molecule has 0 radical (unpaired) electrons. The van der Waals surface area contributed by atoms with Crippen molar-refractivity contribution < 1.29 is 9.53 Å². The molecule has 0 aromatic carbocycles. The van der Waals surface area contributed by atoms with Crippen LogP contribution in [0.25, 0.3) is 10.2 Å². The Balaban J connectivity index is 1.64.